The van der Waals surface area contributed by atoms with E-state index >= 15 is 0 Å². The summed E-state index contributed by atoms with van der Waals surface area (Å²) in [6, 6.07) is 8.63. The lowest BCUT2D eigenvalue weighted by atomic mass is 10.1. The van der Waals surface area contributed by atoms with Gasteiger partial charge >= 0.3 is 5.97 Å². The van der Waals surface area contributed by atoms with Crippen molar-refractivity contribution in [3.63, 3.8) is 0 Å². The van der Waals surface area contributed by atoms with Crippen LogP contribution in [0.15, 0.2) is 30.3 Å². The van der Waals surface area contributed by atoms with Crippen molar-refractivity contribution in [2.45, 2.75) is 25.0 Å². The highest BCUT2D eigenvalue weighted by molar-refractivity contribution is 5.86. The lowest BCUT2D eigenvalue weighted by Crippen LogP contribution is -2.49. The first-order valence-electron chi connectivity index (χ1n) is 6.93. The number of ether oxygens (including phenoxy) is 2. The third kappa shape index (κ3) is 4.84. The molecule has 1 saturated heterocycles. The third-order valence-electron chi connectivity index (χ3n) is 3.29. The second-order valence-corrected chi connectivity index (χ2v) is 4.86. The number of hydrogen-bond acceptors (Lipinski definition) is 4. The van der Waals surface area contributed by atoms with E-state index in [0.717, 1.165) is 5.56 Å². The summed E-state index contributed by atoms with van der Waals surface area (Å²) in [7, 11) is 0. The number of rotatable bonds is 6. The van der Waals surface area contributed by atoms with E-state index in [1.165, 1.54) is 0 Å². The molecule has 2 unspecified atom stereocenters. The molecule has 6 heteroatoms. The van der Waals surface area contributed by atoms with Crippen LogP contribution in [0, 0.1) is 0 Å². The van der Waals surface area contributed by atoms with Crippen molar-refractivity contribution in [3.8, 4) is 0 Å². The first-order valence-corrected chi connectivity index (χ1v) is 6.93. The predicted molar refractivity (Wildman–Crippen MR) is 74.9 cm³/mol. The van der Waals surface area contributed by atoms with Crippen molar-refractivity contribution in [3.05, 3.63) is 35.9 Å². The van der Waals surface area contributed by atoms with Crippen LogP contribution in [-0.4, -0.2) is 48.9 Å². The first kappa shape index (κ1) is 15.5. The zero-order chi connectivity index (χ0) is 15.1. The van der Waals surface area contributed by atoms with Crippen molar-refractivity contribution < 1.29 is 24.2 Å². The number of amides is 1. The number of carboxylic acid groups (broad SMARTS) is 1. The minimum Gasteiger partial charge on any atom is -0.480 e. The highest BCUT2D eigenvalue weighted by atomic mass is 16.6. The lowest BCUT2D eigenvalue weighted by molar-refractivity contribution is -0.152. The Morgan fingerprint density at radius 1 is 1.29 bits per heavy atom. The standard InChI is InChI=1S/C15H19NO5/c17-14(13-10-20-8-9-21-13)16-12(15(18)19)7-6-11-4-2-1-3-5-11/h1-5,12-13H,6-10H2,(H,16,17)(H,18,19). The van der Waals surface area contributed by atoms with Gasteiger partial charge in [-0.3, -0.25) is 4.79 Å². The van der Waals surface area contributed by atoms with Gasteiger partial charge in [0.2, 0.25) is 0 Å². The van der Waals surface area contributed by atoms with Gasteiger partial charge in [-0.05, 0) is 18.4 Å². The van der Waals surface area contributed by atoms with Crippen LogP contribution >= 0.6 is 0 Å². The Bertz CT molecular complexity index is 470. The van der Waals surface area contributed by atoms with E-state index in [9.17, 15) is 14.7 Å². The van der Waals surface area contributed by atoms with E-state index in [-0.39, 0.29) is 6.61 Å². The van der Waals surface area contributed by atoms with Crippen LogP contribution in [0.1, 0.15) is 12.0 Å². The normalized spacial score (nSPS) is 19.7. The maximum Gasteiger partial charge on any atom is 0.326 e. The number of benzene rings is 1. The molecule has 0 radical (unpaired) electrons. The van der Waals surface area contributed by atoms with Crippen LogP contribution in [0.2, 0.25) is 0 Å². The van der Waals surface area contributed by atoms with Gasteiger partial charge in [-0.2, -0.15) is 0 Å². The lowest BCUT2D eigenvalue weighted by Gasteiger charge is -2.24. The first-order chi connectivity index (χ1) is 10.2. The molecule has 0 saturated carbocycles. The zero-order valence-corrected chi connectivity index (χ0v) is 11.7. The number of carboxylic acids is 1. The van der Waals surface area contributed by atoms with E-state index in [1.807, 2.05) is 30.3 Å². The zero-order valence-electron chi connectivity index (χ0n) is 11.7. The maximum absolute atomic E-state index is 11.9. The van der Waals surface area contributed by atoms with Crippen LogP contribution in [0.4, 0.5) is 0 Å². The smallest absolute Gasteiger partial charge is 0.326 e. The van der Waals surface area contributed by atoms with E-state index in [4.69, 9.17) is 9.47 Å². The molecular formula is C15H19NO5. The molecule has 0 aromatic heterocycles. The van der Waals surface area contributed by atoms with Crippen LogP contribution in [0.5, 0.6) is 0 Å². The Labute approximate surface area is 123 Å². The van der Waals surface area contributed by atoms with Gasteiger partial charge in [0, 0.05) is 0 Å². The summed E-state index contributed by atoms with van der Waals surface area (Å²) >= 11 is 0. The van der Waals surface area contributed by atoms with Crippen LogP contribution in [-0.2, 0) is 25.5 Å². The summed E-state index contributed by atoms with van der Waals surface area (Å²) in [6.45, 7) is 0.969. The van der Waals surface area contributed by atoms with Gasteiger partial charge in [0.05, 0.1) is 19.8 Å². The summed E-state index contributed by atoms with van der Waals surface area (Å²) in [5, 5.41) is 11.7. The quantitative estimate of drug-likeness (QED) is 0.802. The van der Waals surface area contributed by atoms with E-state index in [1.54, 1.807) is 0 Å². The van der Waals surface area contributed by atoms with Gasteiger partial charge in [-0.1, -0.05) is 30.3 Å². The minimum absolute atomic E-state index is 0.164. The highest BCUT2D eigenvalue weighted by Gasteiger charge is 2.27. The van der Waals surface area contributed by atoms with Gasteiger partial charge < -0.3 is 19.9 Å². The highest BCUT2D eigenvalue weighted by Crippen LogP contribution is 2.07. The molecule has 1 aliphatic heterocycles. The largest absolute Gasteiger partial charge is 0.480 e. The van der Waals surface area contributed by atoms with E-state index < -0.39 is 24.0 Å². The SMILES string of the molecule is O=C(O)C(CCc1ccccc1)NC(=O)C1COCCO1. The summed E-state index contributed by atoms with van der Waals surface area (Å²) in [6.07, 6.45) is 0.191. The van der Waals surface area contributed by atoms with Crippen molar-refractivity contribution in [2.75, 3.05) is 19.8 Å². The van der Waals surface area contributed by atoms with E-state index in [2.05, 4.69) is 5.32 Å². The number of carbonyl (C=O) groups excluding carboxylic acids is 1. The molecule has 1 heterocycles. The number of aryl methyl sites for hydroxylation is 1. The molecule has 1 aromatic carbocycles. The molecule has 2 N–H and O–H groups in total. The third-order valence-corrected chi connectivity index (χ3v) is 3.29. The average Bonchev–Trinajstić information content (AvgIpc) is 2.52. The van der Waals surface area contributed by atoms with Gasteiger partial charge in [0.1, 0.15) is 6.04 Å². The molecule has 2 rings (SSSR count). The average molecular weight is 293 g/mol. The summed E-state index contributed by atoms with van der Waals surface area (Å²) in [5.74, 6) is -1.48. The molecule has 1 fully saturated rings. The minimum atomic E-state index is -1.05. The Morgan fingerprint density at radius 3 is 2.67 bits per heavy atom. The molecule has 6 nitrogen and oxygen atoms in total. The van der Waals surface area contributed by atoms with Gasteiger partial charge in [-0.15, -0.1) is 0 Å². The Kier molecular flexibility index (Phi) is 5.71. The number of nitrogens with one attached hydrogen (secondary N) is 1. The van der Waals surface area contributed by atoms with Crippen molar-refractivity contribution in [1.82, 2.24) is 5.32 Å². The van der Waals surface area contributed by atoms with Gasteiger partial charge in [0.25, 0.3) is 5.91 Å². The molecule has 0 bridgehead atoms. The summed E-state index contributed by atoms with van der Waals surface area (Å²) in [5.41, 5.74) is 1.04. The molecule has 0 aliphatic carbocycles. The van der Waals surface area contributed by atoms with Crippen LogP contribution < -0.4 is 5.32 Å². The fraction of sp³-hybridized carbons (Fsp3) is 0.467. The summed E-state index contributed by atoms with van der Waals surface area (Å²) in [4.78, 5) is 23.2. The van der Waals surface area contributed by atoms with Crippen molar-refractivity contribution in [2.24, 2.45) is 0 Å². The van der Waals surface area contributed by atoms with Crippen molar-refractivity contribution >= 4 is 11.9 Å². The number of carbonyl (C=O) groups is 2. The second kappa shape index (κ2) is 7.75. The number of aliphatic carboxylic acids is 1. The molecule has 1 amide bonds. The topological polar surface area (TPSA) is 84.9 Å². The van der Waals surface area contributed by atoms with Crippen LogP contribution in [0.3, 0.4) is 0 Å². The molecule has 1 aliphatic rings. The fourth-order valence-electron chi connectivity index (χ4n) is 2.12. The van der Waals surface area contributed by atoms with Crippen LogP contribution in [0.25, 0.3) is 0 Å². The Balaban J connectivity index is 1.86. The Hall–Kier alpha value is -1.92. The maximum atomic E-state index is 11.9. The van der Waals surface area contributed by atoms with Crippen molar-refractivity contribution in [1.29, 1.82) is 0 Å². The molecule has 114 valence electrons. The summed E-state index contributed by atoms with van der Waals surface area (Å²) < 4.78 is 10.4. The molecule has 2 atom stereocenters. The molecule has 21 heavy (non-hydrogen) atoms. The van der Waals surface area contributed by atoms with E-state index in [0.29, 0.717) is 26.1 Å². The predicted octanol–water partition coefficient (Wildman–Crippen LogP) is 0.604. The molecule has 1 aromatic rings. The van der Waals surface area contributed by atoms with Gasteiger partial charge in [-0.25, -0.2) is 4.79 Å². The second-order valence-electron chi connectivity index (χ2n) is 4.86. The monoisotopic (exact) mass is 293 g/mol. The van der Waals surface area contributed by atoms with Gasteiger partial charge in [0.15, 0.2) is 6.10 Å². The Morgan fingerprint density at radius 2 is 2.05 bits per heavy atom. The molecular weight excluding hydrogens is 274 g/mol. The fourth-order valence-corrected chi connectivity index (χ4v) is 2.12. The number of hydrogen-bond donors (Lipinski definition) is 2. The molecule has 0 spiro atoms.